The summed E-state index contributed by atoms with van der Waals surface area (Å²) in [5.74, 6) is 0. The molecule has 0 saturated carbocycles. The number of anilines is 1. The molecule has 0 radical (unpaired) electrons. The summed E-state index contributed by atoms with van der Waals surface area (Å²) in [6.07, 6.45) is 0.111. The number of rotatable bonds is 5. The maximum Gasteiger partial charge on any atom is 0.269 e. The Balaban J connectivity index is 2.53. The summed E-state index contributed by atoms with van der Waals surface area (Å²) in [5.41, 5.74) is 0.949. The highest BCUT2D eigenvalue weighted by Crippen LogP contribution is 2.15. The highest BCUT2D eigenvalue weighted by Gasteiger charge is 2.04. The molecule has 1 rings (SSSR count). The Bertz CT molecular complexity index is 324. The molecule has 5 heteroatoms. The summed E-state index contributed by atoms with van der Waals surface area (Å²) in [6.45, 7) is 2.62. The first-order chi connectivity index (χ1) is 7.13. The molecule has 1 aromatic rings. The maximum absolute atomic E-state index is 10.4. The average Bonchev–Trinajstić information content (AvgIpc) is 2.26. The Kier molecular flexibility index (Phi) is 4.05. The van der Waals surface area contributed by atoms with Gasteiger partial charge in [-0.3, -0.25) is 10.1 Å². The summed E-state index contributed by atoms with van der Waals surface area (Å²) < 4.78 is 5.06. The Morgan fingerprint density at radius 1 is 1.47 bits per heavy atom. The lowest BCUT2D eigenvalue weighted by Crippen LogP contribution is -2.17. The van der Waals surface area contributed by atoms with E-state index in [1.54, 1.807) is 19.2 Å². The zero-order valence-corrected chi connectivity index (χ0v) is 8.77. The number of non-ortho nitro benzene ring substituents is 1. The topological polar surface area (TPSA) is 64.4 Å². The molecule has 0 aliphatic rings. The van der Waals surface area contributed by atoms with Crippen LogP contribution in [0.1, 0.15) is 6.92 Å². The molecule has 0 aliphatic heterocycles. The van der Waals surface area contributed by atoms with Gasteiger partial charge in [-0.25, -0.2) is 0 Å². The smallest absolute Gasteiger partial charge is 0.269 e. The van der Waals surface area contributed by atoms with E-state index in [-0.39, 0.29) is 11.8 Å². The van der Waals surface area contributed by atoms with E-state index in [2.05, 4.69) is 5.32 Å². The third-order valence-corrected chi connectivity index (χ3v) is 2.07. The second-order valence-electron chi connectivity index (χ2n) is 3.23. The van der Waals surface area contributed by atoms with Crippen LogP contribution >= 0.6 is 0 Å². The summed E-state index contributed by atoms with van der Waals surface area (Å²) in [6, 6.07) is 6.31. The van der Waals surface area contributed by atoms with Gasteiger partial charge >= 0.3 is 0 Å². The molecule has 82 valence electrons. The van der Waals surface area contributed by atoms with Gasteiger partial charge in [0.25, 0.3) is 5.69 Å². The Morgan fingerprint density at radius 2 is 2.07 bits per heavy atom. The fourth-order valence-corrected chi connectivity index (χ4v) is 1.05. The molecule has 0 amide bonds. The van der Waals surface area contributed by atoms with Gasteiger partial charge in [0, 0.05) is 31.5 Å². The fourth-order valence-electron chi connectivity index (χ4n) is 1.05. The maximum atomic E-state index is 10.4. The molecule has 0 aliphatic carbocycles. The van der Waals surface area contributed by atoms with Crippen molar-refractivity contribution in [2.75, 3.05) is 19.0 Å². The van der Waals surface area contributed by atoms with E-state index in [4.69, 9.17) is 4.74 Å². The van der Waals surface area contributed by atoms with Crippen LogP contribution in [0.2, 0.25) is 0 Å². The second-order valence-corrected chi connectivity index (χ2v) is 3.23. The minimum Gasteiger partial charge on any atom is -0.382 e. The van der Waals surface area contributed by atoms with Crippen LogP contribution in [0.4, 0.5) is 11.4 Å². The van der Waals surface area contributed by atoms with Crippen molar-refractivity contribution >= 4 is 11.4 Å². The number of nitrogens with one attached hydrogen (secondary N) is 1. The van der Waals surface area contributed by atoms with Crippen LogP contribution in [-0.4, -0.2) is 24.7 Å². The SMILES string of the molecule is COC(C)CNc1ccc([N+](=O)[O-])cc1. The number of hydrogen-bond acceptors (Lipinski definition) is 4. The molecular formula is C10H14N2O3. The normalized spacial score (nSPS) is 12.1. The van der Waals surface area contributed by atoms with Crippen molar-refractivity contribution in [2.45, 2.75) is 13.0 Å². The highest BCUT2D eigenvalue weighted by atomic mass is 16.6. The molecule has 1 aromatic carbocycles. The minimum absolute atomic E-state index is 0.0975. The van der Waals surface area contributed by atoms with E-state index in [0.717, 1.165) is 5.69 Å². The molecule has 0 spiro atoms. The summed E-state index contributed by atoms with van der Waals surface area (Å²) in [5, 5.41) is 13.5. The molecule has 0 saturated heterocycles. The fraction of sp³-hybridized carbons (Fsp3) is 0.400. The molecule has 1 unspecified atom stereocenters. The van der Waals surface area contributed by atoms with Crippen LogP contribution in [0.3, 0.4) is 0 Å². The first kappa shape index (κ1) is 11.5. The van der Waals surface area contributed by atoms with Crippen molar-refractivity contribution in [2.24, 2.45) is 0 Å². The van der Waals surface area contributed by atoms with E-state index in [0.29, 0.717) is 6.54 Å². The van der Waals surface area contributed by atoms with Gasteiger partial charge in [0.15, 0.2) is 0 Å². The average molecular weight is 210 g/mol. The lowest BCUT2D eigenvalue weighted by molar-refractivity contribution is -0.384. The van der Waals surface area contributed by atoms with Crippen molar-refractivity contribution < 1.29 is 9.66 Å². The lowest BCUT2D eigenvalue weighted by atomic mass is 10.3. The number of methoxy groups -OCH3 is 1. The predicted molar refractivity (Wildman–Crippen MR) is 58.1 cm³/mol. The van der Waals surface area contributed by atoms with Crippen molar-refractivity contribution in [1.29, 1.82) is 0 Å². The molecule has 5 nitrogen and oxygen atoms in total. The summed E-state index contributed by atoms with van der Waals surface area (Å²) in [7, 11) is 1.64. The first-order valence-corrected chi connectivity index (χ1v) is 4.64. The highest BCUT2D eigenvalue weighted by molar-refractivity contribution is 5.48. The van der Waals surface area contributed by atoms with E-state index < -0.39 is 4.92 Å². The predicted octanol–water partition coefficient (Wildman–Crippen LogP) is 2.04. The number of hydrogen-bond donors (Lipinski definition) is 1. The first-order valence-electron chi connectivity index (χ1n) is 4.64. The summed E-state index contributed by atoms with van der Waals surface area (Å²) >= 11 is 0. The Morgan fingerprint density at radius 3 is 2.53 bits per heavy atom. The van der Waals surface area contributed by atoms with E-state index in [9.17, 15) is 10.1 Å². The van der Waals surface area contributed by atoms with Gasteiger partial charge in [0.2, 0.25) is 0 Å². The quantitative estimate of drug-likeness (QED) is 0.596. The van der Waals surface area contributed by atoms with Gasteiger partial charge in [0.1, 0.15) is 0 Å². The zero-order valence-electron chi connectivity index (χ0n) is 8.77. The van der Waals surface area contributed by atoms with Gasteiger partial charge < -0.3 is 10.1 Å². The van der Waals surface area contributed by atoms with Crippen molar-refractivity contribution in [3.8, 4) is 0 Å². The molecular weight excluding hydrogens is 196 g/mol. The Hall–Kier alpha value is -1.62. The van der Waals surface area contributed by atoms with Crippen molar-refractivity contribution in [1.82, 2.24) is 0 Å². The van der Waals surface area contributed by atoms with E-state index in [1.807, 2.05) is 6.92 Å². The summed E-state index contributed by atoms with van der Waals surface area (Å²) in [4.78, 5) is 9.97. The minimum atomic E-state index is -0.415. The molecule has 0 heterocycles. The zero-order chi connectivity index (χ0) is 11.3. The van der Waals surface area contributed by atoms with Crippen LogP contribution in [-0.2, 0) is 4.74 Å². The van der Waals surface area contributed by atoms with Crippen molar-refractivity contribution in [3.05, 3.63) is 34.4 Å². The van der Waals surface area contributed by atoms with Gasteiger partial charge in [-0.15, -0.1) is 0 Å². The van der Waals surface area contributed by atoms with Crippen LogP contribution in [0.25, 0.3) is 0 Å². The van der Waals surface area contributed by atoms with Gasteiger partial charge in [-0.1, -0.05) is 0 Å². The largest absolute Gasteiger partial charge is 0.382 e. The van der Waals surface area contributed by atoms with Crippen LogP contribution in [0.5, 0.6) is 0 Å². The number of benzene rings is 1. The number of ether oxygens (including phenoxy) is 1. The standard InChI is InChI=1S/C10H14N2O3/c1-8(15-2)7-11-9-3-5-10(6-4-9)12(13)14/h3-6,8,11H,7H2,1-2H3. The Labute approximate surface area is 88.2 Å². The monoisotopic (exact) mass is 210 g/mol. The molecule has 0 fully saturated rings. The second kappa shape index (κ2) is 5.31. The molecule has 0 bridgehead atoms. The van der Waals surface area contributed by atoms with Gasteiger partial charge in [-0.2, -0.15) is 0 Å². The van der Waals surface area contributed by atoms with Crippen LogP contribution < -0.4 is 5.32 Å². The molecule has 1 atom stereocenters. The van der Waals surface area contributed by atoms with Gasteiger partial charge in [-0.05, 0) is 19.1 Å². The van der Waals surface area contributed by atoms with E-state index >= 15 is 0 Å². The van der Waals surface area contributed by atoms with Crippen LogP contribution in [0, 0.1) is 10.1 Å². The lowest BCUT2D eigenvalue weighted by Gasteiger charge is -2.11. The molecule has 1 N–H and O–H groups in total. The van der Waals surface area contributed by atoms with E-state index in [1.165, 1.54) is 12.1 Å². The molecule has 15 heavy (non-hydrogen) atoms. The number of nitro groups is 1. The number of nitro benzene ring substituents is 1. The number of nitrogens with zero attached hydrogens (tertiary/aromatic N) is 1. The third kappa shape index (κ3) is 3.55. The van der Waals surface area contributed by atoms with Crippen LogP contribution in [0.15, 0.2) is 24.3 Å². The van der Waals surface area contributed by atoms with Gasteiger partial charge in [0.05, 0.1) is 11.0 Å². The van der Waals surface area contributed by atoms with Crippen molar-refractivity contribution in [3.63, 3.8) is 0 Å². The molecule has 0 aromatic heterocycles. The third-order valence-electron chi connectivity index (χ3n) is 2.07.